The van der Waals surface area contributed by atoms with E-state index in [1.165, 1.54) is 0 Å². The average Bonchev–Trinajstić information content (AvgIpc) is 2.70. The summed E-state index contributed by atoms with van der Waals surface area (Å²) >= 11 is 0. The van der Waals surface area contributed by atoms with E-state index in [1.54, 1.807) is 74.7 Å². The zero-order valence-corrected chi connectivity index (χ0v) is 15.3. The lowest BCUT2D eigenvalue weighted by molar-refractivity contribution is 0.0793. The smallest absolute Gasteiger partial charge is 0.253 e. The Balaban J connectivity index is 1.75. The number of methoxy groups -OCH3 is 2. The minimum atomic E-state index is -0.142. The highest BCUT2D eigenvalue weighted by Gasteiger charge is 2.11. The summed E-state index contributed by atoms with van der Waals surface area (Å²) in [6.07, 6.45) is 0.667. The fourth-order valence-electron chi connectivity index (χ4n) is 2.42. The van der Waals surface area contributed by atoms with Crippen molar-refractivity contribution in [3.8, 4) is 11.5 Å². The van der Waals surface area contributed by atoms with Gasteiger partial charge in [0.1, 0.15) is 11.5 Å². The fourth-order valence-corrected chi connectivity index (χ4v) is 2.42. The zero-order valence-electron chi connectivity index (χ0n) is 15.3. The molecule has 138 valence electrons. The summed E-state index contributed by atoms with van der Waals surface area (Å²) in [5, 5.41) is 2.85. The molecule has 0 fully saturated rings. The van der Waals surface area contributed by atoms with Crippen LogP contribution in [0, 0.1) is 0 Å². The molecule has 0 saturated heterocycles. The highest BCUT2D eigenvalue weighted by atomic mass is 16.5. The van der Waals surface area contributed by atoms with E-state index in [-0.39, 0.29) is 11.8 Å². The van der Waals surface area contributed by atoms with Crippen molar-refractivity contribution in [1.29, 1.82) is 0 Å². The molecular weight excluding hydrogens is 332 g/mol. The first kappa shape index (κ1) is 19.3. The molecule has 1 N–H and O–H groups in total. The summed E-state index contributed by atoms with van der Waals surface area (Å²) in [5.41, 5.74) is 1.18. The molecule has 2 amide bonds. The normalized spacial score (nSPS) is 10.1. The van der Waals surface area contributed by atoms with Gasteiger partial charge in [0.15, 0.2) is 0 Å². The van der Waals surface area contributed by atoms with Crippen LogP contribution in [0.3, 0.4) is 0 Å². The molecule has 0 saturated carbocycles. The molecule has 0 aromatic heterocycles. The SMILES string of the molecule is COc1ccc(C(=O)NCCCN(C)C(=O)c2ccc(OC)cc2)cc1. The second-order valence-corrected chi connectivity index (χ2v) is 5.79. The topological polar surface area (TPSA) is 67.9 Å². The van der Waals surface area contributed by atoms with Gasteiger partial charge in [-0.3, -0.25) is 9.59 Å². The van der Waals surface area contributed by atoms with E-state index in [2.05, 4.69) is 5.32 Å². The van der Waals surface area contributed by atoms with Gasteiger partial charge in [-0.2, -0.15) is 0 Å². The number of benzene rings is 2. The highest BCUT2D eigenvalue weighted by Crippen LogP contribution is 2.13. The third-order valence-corrected chi connectivity index (χ3v) is 3.99. The van der Waals surface area contributed by atoms with E-state index in [9.17, 15) is 9.59 Å². The highest BCUT2D eigenvalue weighted by molar-refractivity contribution is 5.94. The van der Waals surface area contributed by atoms with E-state index >= 15 is 0 Å². The summed E-state index contributed by atoms with van der Waals surface area (Å²) in [5.74, 6) is 1.22. The molecule has 0 radical (unpaired) electrons. The fraction of sp³-hybridized carbons (Fsp3) is 0.300. The predicted molar refractivity (Wildman–Crippen MR) is 99.9 cm³/mol. The molecule has 26 heavy (non-hydrogen) atoms. The van der Waals surface area contributed by atoms with Crippen LogP contribution in [0.4, 0.5) is 0 Å². The van der Waals surface area contributed by atoms with E-state index in [1.807, 2.05) is 0 Å². The van der Waals surface area contributed by atoms with Crippen molar-refractivity contribution >= 4 is 11.8 Å². The van der Waals surface area contributed by atoms with Crippen molar-refractivity contribution in [2.45, 2.75) is 6.42 Å². The molecule has 6 nitrogen and oxygen atoms in total. The Morgan fingerprint density at radius 3 is 1.88 bits per heavy atom. The second-order valence-electron chi connectivity index (χ2n) is 5.79. The van der Waals surface area contributed by atoms with Gasteiger partial charge in [0, 0.05) is 31.3 Å². The quantitative estimate of drug-likeness (QED) is 0.738. The molecule has 0 aliphatic rings. The van der Waals surface area contributed by atoms with E-state index in [0.29, 0.717) is 42.1 Å². The number of hydrogen-bond acceptors (Lipinski definition) is 4. The molecule has 2 aromatic rings. The molecule has 0 aliphatic heterocycles. The molecule has 0 unspecified atom stereocenters. The average molecular weight is 356 g/mol. The van der Waals surface area contributed by atoms with Crippen molar-refractivity contribution in [3.63, 3.8) is 0 Å². The Labute approximate surface area is 153 Å². The van der Waals surface area contributed by atoms with Crippen LogP contribution in [0.15, 0.2) is 48.5 Å². The Hall–Kier alpha value is -3.02. The number of rotatable bonds is 8. The van der Waals surface area contributed by atoms with Crippen LogP contribution in [-0.4, -0.2) is 51.1 Å². The molecule has 0 spiro atoms. The first-order valence-electron chi connectivity index (χ1n) is 8.37. The van der Waals surface area contributed by atoms with Crippen molar-refractivity contribution in [2.24, 2.45) is 0 Å². The number of carbonyl (C=O) groups is 2. The van der Waals surface area contributed by atoms with Crippen LogP contribution < -0.4 is 14.8 Å². The van der Waals surface area contributed by atoms with Crippen LogP contribution in [0.25, 0.3) is 0 Å². The van der Waals surface area contributed by atoms with Gasteiger partial charge < -0.3 is 19.7 Å². The van der Waals surface area contributed by atoms with Gasteiger partial charge >= 0.3 is 0 Å². The Morgan fingerprint density at radius 1 is 0.885 bits per heavy atom. The Bertz CT molecular complexity index is 726. The minimum Gasteiger partial charge on any atom is -0.497 e. The minimum absolute atomic E-state index is 0.0610. The molecule has 0 aliphatic carbocycles. The standard InChI is InChI=1S/C20H24N2O4/c1-22(20(24)16-7-11-18(26-3)12-8-16)14-4-13-21-19(23)15-5-9-17(25-2)10-6-15/h5-12H,4,13-14H2,1-3H3,(H,21,23). The number of carbonyl (C=O) groups excluding carboxylic acids is 2. The zero-order chi connectivity index (χ0) is 18.9. The maximum absolute atomic E-state index is 12.3. The number of hydrogen-bond donors (Lipinski definition) is 1. The Morgan fingerprint density at radius 2 is 1.38 bits per heavy atom. The van der Waals surface area contributed by atoms with E-state index in [4.69, 9.17) is 9.47 Å². The first-order valence-corrected chi connectivity index (χ1v) is 8.37. The number of amides is 2. The van der Waals surface area contributed by atoms with Crippen LogP contribution in [-0.2, 0) is 0 Å². The van der Waals surface area contributed by atoms with Crippen LogP contribution in [0.2, 0.25) is 0 Å². The van der Waals surface area contributed by atoms with Crippen molar-refractivity contribution < 1.29 is 19.1 Å². The molecule has 0 atom stereocenters. The maximum Gasteiger partial charge on any atom is 0.253 e. The first-order chi connectivity index (χ1) is 12.5. The van der Waals surface area contributed by atoms with Gasteiger partial charge in [-0.05, 0) is 55.0 Å². The van der Waals surface area contributed by atoms with Gasteiger partial charge in [0.05, 0.1) is 14.2 Å². The van der Waals surface area contributed by atoms with Gasteiger partial charge in [0.25, 0.3) is 11.8 Å². The largest absolute Gasteiger partial charge is 0.497 e. The number of nitrogens with one attached hydrogen (secondary N) is 1. The summed E-state index contributed by atoms with van der Waals surface area (Å²) in [4.78, 5) is 26.0. The molecule has 6 heteroatoms. The van der Waals surface area contributed by atoms with E-state index in [0.717, 1.165) is 0 Å². The molecule has 2 rings (SSSR count). The van der Waals surface area contributed by atoms with Crippen LogP contribution in [0.5, 0.6) is 11.5 Å². The lowest BCUT2D eigenvalue weighted by Crippen LogP contribution is -2.31. The summed E-state index contributed by atoms with van der Waals surface area (Å²) in [6, 6.07) is 13.9. The predicted octanol–water partition coefficient (Wildman–Crippen LogP) is 2.60. The van der Waals surface area contributed by atoms with Gasteiger partial charge in [-0.1, -0.05) is 0 Å². The van der Waals surface area contributed by atoms with Crippen LogP contribution >= 0.6 is 0 Å². The third-order valence-electron chi connectivity index (χ3n) is 3.99. The van der Waals surface area contributed by atoms with Gasteiger partial charge in [-0.15, -0.1) is 0 Å². The van der Waals surface area contributed by atoms with Gasteiger partial charge in [0.2, 0.25) is 0 Å². The van der Waals surface area contributed by atoms with Crippen molar-refractivity contribution in [1.82, 2.24) is 10.2 Å². The number of ether oxygens (including phenoxy) is 2. The lowest BCUT2D eigenvalue weighted by Gasteiger charge is -2.17. The monoisotopic (exact) mass is 356 g/mol. The van der Waals surface area contributed by atoms with E-state index < -0.39 is 0 Å². The summed E-state index contributed by atoms with van der Waals surface area (Å²) in [7, 11) is 4.92. The van der Waals surface area contributed by atoms with Crippen molar-refractivity contribution in [2.75, 3.05) is 34.4 Å². The maximum atomic E-state index is 12.3. The van der Waals surface area contributed by atoms with Crippen LogP contribution in [0.1, 0.15) is 27.1 Å². The molecular formula is C20H24N2O4. The third kappa shape index (κ3) is 5.24. The molecule has 0 bridgehead atoms. The number of nitrogens with zero attached hydrogens (tertiary/aromatic N) is 1. The Kier molecular flexibility index (Phi) is 7.02. The second kappa shape index (κ2) is 9.46. The summed E-state index contributed by atoms with van der Waals surface area (Å²) < 4.78 is 10.2. The summed E-state index contributed by atoms with van der Waals surface area (Å²) in [6.45, 7) is 1.04. The van der Waals surface area contributed by atoms with Gasteiger partial charge in [-0.25, -0.2) is 0 Å². The lowest BCUT2D eigenvalue weighted by atomic mass is 10.2. The molecule has 0 heterocycles. The molecule has 2 aromatic carbocycles. The van der Waals surface area contributed by atoms with Crippen molar-refractivity contribution in [3.05, 3.63) is 59.7 Å².